The Morgan fingerprint density at radius 2 is 1.90 bits per heavy atom. The van der Waals surface area contributed by atoms with Gasteiger partial charge in [0.15, 0.2) is 0 Å². The largest absolute Gasteiger partial charge is 0.494 e. The van der Waals surface area contributed by atoms with Crippen molar-refractivity contribution in [3.05, 3.63) is 57.6 Å². The summed E-state index contributed by atoms with van der Waals surface area (Å²) in [6.45, 7) is 5.21. The van der Waals surface area contributed by atoms with Gasteiger partial charge in [0, 0.05) is 27.8 Å². The molecule has 0 radical (unpaired) electrons. The average molecular weight is 310 g/mol. The summed E-state index contributed by atoms with van der Waals surface area (Å²) in [6.07, 6.45) is 0. The zero-order chi connectivity index (χ0) is 14.5. The SMILES string of the molecule is CCOc1ccc(Cl)cc1CNc1ccc(C)c(Cl)c1. The Morgan fingerprint density at radius 1 is 1.10 bits per heavy atom. The minimum absolute atomic E-state index is 0.630. The van der Waals surface area contributed by atoms with Crippen molar-refractivity contribution in [1.29, 1.82) is 0 Å². The van der Waals surface area contributed by atoms with E-state index in [-0.39, 0.29) is 0 Å². The maximum absolute atomic E-state index is 6.12. The Morgan fingerprint density at radius 3 is 2.60 bits per heavy atom. The first-order chi connectivity index (χ1) is 9.60. The van der Waals surface area contributed by atoms with Gasteiger partial charge in [-0.3, -0.25) is 0 Å². The molecule has 0 heterocycles. The second-order valence-electron chi connectivity index (χ2n) is 4.50. The molecule has 0 amide bonds. The molecule has 0 fully saturated rings. The number of hydrogen-bond acceptors (Lipinski definition) is 2. The summed E-state index contributed by atoms with van der Waals surface area (Å²) in [5.41, 5.74) is 3.06. The second-order valence-corrected chi connectivity index (χ2v) is 5.35. The quantitative estimate of drug-likeness (QED) is 0.807. The molecule has 20 heavy (non-hydrogen) atoms. The third kappa shape index (κ3) is 3.81. The lowest BCUT2D eigenvalue weighted by atomic mass is 10.2. The molecule has 2 aromatic rings. The number of rotatable bonds is 5. The van der Waals surface area contributed by atoms with Crippen molar-refractivity contribution < 1.29 is 4.74 Å². The number of nitrogens with one attached hydrogen (secondary N) is 1. The van der Waals surface area contributed by atoms with E-state index < -0.39 is 0 Å². The lowest BCUT2D eigenvalue weighted by molar-refractivity contribution is 0.337. The number of halogens is 2. The molecule has 106 valence electrons. The molecular weight excluding hydrogens is 293 g/mol. The first-order valence-corrected chi connectivity index (χ1v) is 7.27. The van der Waals surface area contributed by atoms with Crippen LogP contribution in [0, 0.1) is 6.92 Å². The smallest absolute Gasteiger partial charge is 0.124 e. The van der Waals surface area contributed by atoms with Crippen molar-refractivity contribution in [1.82, 2.24) is 0 Å². The first-order valence-electron chi connectivity index (χ1n) is 6.51. The molecule has 2 nitrogen and oxygen atoms in total. The van der Waals surface area contributed by atoms with Crippen LogP contribution in [0.2, 0.25) is 10.0 Å². The van der Waals surface area contributed by atoms with E-state index in [1.807, 2.05) is 50.2 Å². The van der Waals surface area contributed by atoms with E-state index in [1.165, 1.54) is 0 Å². The fourth-order valence-corrected chi connectivity index (χ4v) is 2.26. The van der Waals surface area contributed by atoms with Crippen LogP contribution >= 0.6 is 23.2 Å². The molecule has 0 aliphatic rings. The van der Waals surface area contributed by atoms with Gasteiger partial charge in [0.2, 0.25) is 0 Å². The summed E-state index contributed by atoms with van der Waals surface area (Å²) in [5, 5.41) is 4.79. The summed E-state index contributed by atoms with van der Waals surface area (Å²) in [4.78, 5) is 0. The van der Waals surface area contributed by atoms with Crippen molar-refractivity contribution in [3.63, 3.8) is 0 Å². The van der Waals surface area contributed by atoms with Gasteiger partial charge in [-0.1, -0.05) is 29.3 Å². The fraction of sp³-hybridized carbons (Fsp3) is 0.250. The van der Waals surface area contributed by atoms with Crippen LogP contribution < -0.4 is 10.1 Å². The van der Waals surface area contributed by atoms with Crippen molar-refractivity contribution in [2.24, 2.45) is 0 Å². The fourth-order valence-electron chi connectivity index (χ4n) is 1.88. The van der Waals surface area contributed by atoms with Crippen LogP contribution in [0.3, 0.4) is 0 Å². The molecule has 0 aliphatic heterocycles. The summed E-state index contributed by atoms with van der Waals surface area (Å²) in [5.74, 6) is 0.850. The van der Waals surface area contributed by atoms with Crippen LogP contribution in [-0.2, 0) is 6.54 Å². The molecule has 2 aromatic carbocycles. The molecule has 0 bridgehead atoms. The first kappa shape index (κ1) is 15.0. The van der Waals surface area contributed by atoms with Crippen LogP contribution in [0.25, 0.3) is 0 Å². The zero-order valence-electron chi connectivity index (χ0n) is 11.5. The van der Waals surface area contributed by atoms with Crippen molar-refractivity contribution in [2.75, 3.05) is 11.9 Å². The minimum Gasteiger partial charge on any atom is -0.494 e. The predicted molar refractivity (Wildman–Crippen MR) is 86.1 cm³/mol. The number of hydrogen-bond donors (Lipinski definition) is 1. The Bertz CT molecular complexity index is 599. The van der Waals surface area contributed by atoms with Crippen molar-refractivity contribution in [3.8, 4) is 5.75 Å². The number of ether oxygens (including phenoxy) is 1. The third-order valence-corrected chi connectivity index (χ3v) is 3.62. The van der Waals surface area contributed by atoms with Gasteiger partial charge in [-0.05, 0) is 49.7 Å². The summed E-state index contributed by atoms with van der Waals surface area (Å²) in [6, 6.07) is 11.6. The summed E-state index contributed by atoms with van der Waals surface area (Å²) in [7, 11) is 0. The molecule has 2 rings (SSSR count). The highest BCUT2D eigenvalue weighted by molar-refractivity contribution is 6.31. The van der Waals surface area contributed by atoms with E-state index in [0.29, 0.717) is 18.2 Å². The molecule has 0 saturated heterocycles. The van der Waals surface area contributed by atoms with E-state index in [0.717, 1.165) is 27.6 Å². The third-order valence-electron chi connectivity index (χ3n) is 2.98. The van der Waals surface area contributed by atoms with Gasteiger partial charge in [-0.25, -0.2) is 0 Å². The highest BCUT2D eigenvalue weighted by Gasteiger charge is 2.05. The molecule has 0 aromatic heterocycles. The van der Waals surface area contributed by atoms with E-state index in [9.17, 15) is 0 Å². The summed E-state index contributed by atoms with van der Waals surface area (Å²) < 4.78 is 5.60. The molecule has 0 saturated carbocycles. The van der Waals surface area contributed by atoms with Gasteiger partial charge in [0.1, 0.15) is 5.75 Å². The Labute approximate surface area is 129 Å². The van der Waals surface area contributed by atoms with Crippen LogP contribution in [0.15, 0.2) is 36.4 Å². The van der Waals surface area contributed by atoms with Crippen LogP contribution in [0.4, 0.5) is 5.69 Å². The summed E-state index contributed by atoms with van der Waals surface area (Å²) >= 11 is 12.2. The van der Waals surface area contributed by atoms with Gasteiger partial charge in [0.05, 0.1) is 6.61 Å². The van der Waals surface area contributed by atoms with E-state index in [1.54, 1.807) is 0 Å². The number of anilines is 1. The van der Waals surface area contributed by atoms with Gasteiger partial charge in [0.25, 0.3) is 0 Å². The molecule has 4 heteroatoms. The lowest BCUT2D eigenvalue weighted by Crippen LogP contribution is -2.03. The molecule has 0 unspecified atom stereocenters. The zero-order valence-corrected chi connectivity index (χ0v) is 13.1. The van der Waals surface area contributed by atoms with Gasteiger partial charge < -0.3 is 10.1 Å². The topological polar surface area (TPSA) is 21.3 Å². The van der Waals surface area contributed by atoms with Crippen LogP contribution in [0.1, 0.15) is 18.1 Å². The Balaban J connectivity index is 2.13. The van der Waals surface area contributed by atoms with E-state index >= 15 is 0 Å². The Kier molecular flexibility index (Phi) is 5.16. The standard InChI is InChI=1S/C16H17Cl2NO/c1-3-20-16-7-5-13(17)8-12(16)10-19-14-6-4-11(2)15(18)9-14/h4-9,19H,3,10H2,1-2H3. The normalized spacial score (nSPS) is 10.4. The number of benzene rings is 2. The lowest BCUT2D eigenvalue weighted by Gasteiger charge is -2.13. The average Bonchev–Trinajstić information content (AvgIpc) is 2.43. The van der Waals surface area contributed by atoms with Crippen molar-refractivity contribution in [2.45, 2.75) is 20.4 Å². The monoisotopic (exact) mass is 309 g/mol. The van der Waals surface area contributed by atoms with Crippen LogP contribution in [0.5, 0.6) is 5.75 Å². The van der Waals surface area contributed by atoms with Crippen molar-refractivity contribution >= 4 is 28.9 Å². The highest BCUT2D eigenvalue weighted by Crippen LogP contribution is 2.25. The second kappa shape index (κ2) is 6.87. The van der Waals surface area contributed by atoms with E-state index in [4.69, 9.17) is 27.9 Å². The minimum atomic E-state index is 0.630. The van der Waals surface area contributed by atoms with Gasteiger partial charge in [-0.15, -0.1) is 0 Å². The van der Waals surface area contributed by atoms with Crippen LogP contribution in [-0.4, -0.2) is 6.61 Å². The molecule has 0 atom stereocenters. The van der Waals surface area contributed by atoms with Gasteiger partial charge in [-0.2, -0.15) is 0 Å². The maximum Gasteiger partial charge on any atom is 0.124 e. The van der Waals surface area contributed by atoms with Gasteiger partial charge >= 0.3 is 0 Å². The Hall–Kier alpha value is -1.38. The number of aryl methyl sites for hydroxylation is 1. The van der Waals surface area contributed by atoms with E-state index in [2.05, 4.69) is 5.32 Å². The molecule has 0 aliphatic carbocycles. The molecule has 0 spiro atoms. The maximum atomic E-state index is 6.12. The molecule has 1 N–H and O–H groups in total. The highest BCUT2D eigenvalue weighted by atomic mass is 35.5. The predicted octanol–water partition coefficient (Wildman–Crippen LogP) is 5.31. The molecular formula is C16H17Cl2NO.